The van der Waals surface area contributed by atoms with Gasteiger partial charge in [0, 0.05) is 22.2 Å². The Bertz CT molecular complexity index is 1330. The third-order valence-corrected chi connectivity index (χ3v) is 6.26. The van der Waals surface area contributed by atoms with Crippen molar-refractivity contribution < 1.29 is 14.3 Å². The van der Waals surface area contributed by atoms with Crippen molar-refractivity contribution in [1.29, 1.82) is 0 Å². The molecular weight excluding hydrogens is 454 g/mol. The molecule has 5 rings (SSSR count). The Labute approximate surface area is 201 Å². The Morgan fingerprint density at radius 2 is 1.79 bits per heavy atom. The molecule has 1 heterocycles. The topological polar surface area (TPSA) is 102 Å². The van der Waals surface area contributed by atoms with Crippen LogP contribution in [-0.2, 0) is 4.79 Å². The van der Waals surface area contributed by atoms with Crippen LogP contribution in [0.3, 0.4) is 0 Å². The van der Waals surface area contributed by atoms with Crippen molar-refractivity contribution in [3.63, 3.8) is 0 Å². The number of nitrogens with zero attached hydrogens (tertiary/aromatic N) is 3. The van der Waals surface area contributed by atoms with Gasteiger partial charge in [0.2, 0.25) is 5.91 Å². The molecule has 1 aromatic heterocycles. The van der Waals surface area contributed by atoms with Crippen molar-refractivity contribution in [3.8, 4) is 34.0 Å². The van der Waals surface area contributed by atoms with Gasteiger partial charge in [0.15, 0.2) is 17.3 Å². The first-order valence-electron chi connectivity index (χ1n) is 10.7. The summed E-state index contributed by atoms with van der Waals surface area (Å²) in [4.78, 5) is 12.9. The van der Waals surface area contributed by atoms with Gasteiger partial charge in [-0.1, -0.05) is 35.9 Å². The smallest absolute Gasteiger partial charge is 0.228 e. The predicted octanol–water partition coefficient (Wildman–Crippen LogP) is 4.95. The molecular formula is C25H22ClN5O3. The van der Waals surface area contributed by atoms with Gasteiger partial charge in [0.25, 0.3) is 0 Å². The van der Waals surface area contributed by atoms with E-state index in [4.69, 9.17) is 21.1 Å². The van der Waals surface area contributed by atoms with Crippen LogP contribution in [0, 0.1) is 5.92 Å². The number of hydrogen-bond acceptors (Lipinski definition) is 6. The van der Waals surface area contributed by atoms with E-state index in [9.17, 15) is 4.79 Å². The third-order valence-electron chi connectivity index (χ3n) is 6.01. The van der Waals surface area contributed by atoms with E-state index in [1.165, 1.54) is 0 Å². The Balaban J connectivity index is 1.41. The molecule has 1 aliphatic carbocycles. The number of carbonyl (C=O) groups is 1. The number of rotatable bonds is 7. The highest BCUT2D eigenvalue weighted by Crippen LogP contribution is 2.48. The lowest BCUT2D eigenvalue weighted by molar-refractivity contribution is -0.117. The van der Waals surface area contributed by atoms with Gasteiger partial charge in [-0.15, -0.1) is 5.10 Å². The number of methoxy groups -OCH3 is 2. The van der Waals surface area contributed by atoms with E-state index >= 15 is 0 Å². The molecule has 172 valence electrons. The maximum atomic E-state index is 12.9. The zero-order valence-electron chi connectivity index (χ0n) is 18.6. The number of tetrazole rings is 1. The second-order valence-electron chi connectivity index (χ2n) is 8.07. The van der Waals surface area contributed by atoms with E-state index in [0.29, 0.717) is 28.0 Å². The molecule has 4 aromatic rings. The van der Waals surface area contributed by atoms with Crippen molar-refractivity contribution in [1.82, 2.24) is 20.6 Å². The van der Waals surface area contributed by atoms with Crippen molar-refractivity contribution in [2.75, 3.05) is 19.5 Å². The fraction of sp³-hybridized carbons (Fsp3) is 0.200. The molecule has 1 fully saturated rings. The molecule has 0 spiro atoms. The van der Waals surface area contributed by atoms with E-state index in [2.05, 4.69) is 25.9 Å². The SMILES string of the molecule is COc1ccc(-c2ccc(NC(=O)C3CC3c3ccc(Cl)cc3)cc2-c2nnn[nH]2)cc1OC. The normalized spacial score (nSPS) is 16.7. The summed E-state index contributed by atoms with van der Waals surface area (Å²) in [5.74, 6) is 1.87. The van der Waals surface area contributed by atoms with Gasteiger partial charge in [-0.25, -0.2) is 5.10 Å². The molecule has 0 radical (unpaired) electrons. The molecule has 2 atom stereocenters. The molecule has 3 aromatic carbocycles. The number of ether oxygens (including phenoxy) is 2. The highest BCUT2D eigenvalue weighted by molar-refractivity contribution is 6.30. The largest absolute Gasteiger partial charge is 0.493 e. The van der Waals surface area contributed by atoms with E-state index < -0.39 is 0 Å². The number of H-pyrrole nitrogens is 1. The molecule has 0 bridgehead atoms. The van der Waals surface area contributed by atoms with Gasteiger partial charge in [-0.2, -0.15) is 0 Å². The maximum Gasteiger partial charge on any atom is 0.228 e. The van der Waals surface area contributed by atoms with Gasteiger partial charge in [-0.3, -0.25) is 4.79 Å². The van der Waals surface area contributed by atoms with Crippen LogP contribution in [0.25, 0.3) is 22.5 Å². The van der Waals surface area contributed by atoms with Crippen LogP contribution in [0.5, 0.6) is 11.5 Å². The molecule has 2 unspecified atom stereocenters. The molecule has 0 saturated heterocycles. The number of aromatic nitrogens is 4. The molecule has 34 heavy (non-hydrogen) atoms. The number of benzene rings is 3. The van der Waals surface area contributed by atoms with Crippen molar-refractivity contribution in [2.45, 2.75) is 12.3 Å². The van der Waals surface area contributed by atoms with E-state index in [-0.39, 0.29) is 17.7 Å². The first-order chi connectivity index (χ1) is 16.6. The van der Waals surface area contributed by atoms with Crippen molar-refractivity contribution in [3.05, 3.63) is 71.2 Å². The van der Waals surface area contributed by atoms with Crippen LogP contribution < -0.4 is 14.8 Å². The van der Waals surface area contributed by atoms with Gasteiger partial charge < -0.3 is 14.8 Å². The molecule has 8 nitrogen and oxygen atoms in total. The molecule has 2 N–H and O–H groups in total. The Morgan fingerprint density at radius 1 is 1.00 bits per heavy atom. The summed E-state index contributed by atoms with van der Waals surface area (Å²) in [5, 5.41) is 18.0. The van der Waals surface area contributed by atoms with Crippen LogP contribution >= 0.6 is 11.6 Å². The number of amides is 1. The molecule has 1 amide bonds. The second kappa shape index (κ2) is 9.15. The Kier molecular flexibility index (Phi) is 5.90. The number of carbonyl (C=O) groups excluding carboxylic acids is 1. The van der Waals surface area contributed by atoms with Gasteiger partial charge in [0.05, 0.1) is 14.2 Å². The van der Waals surface area contributed by atoms with Gasteiger partial charge in [-0.05, 0) is 75.9 Å². The highest BCUT2D eigenvalue weighted by Gasteiger charge is 2.43. The van der Waals surface area contributed by atoms with E-state index in [0.717, 1.165) is 28.7 Å². The average Bonchev–Trinajstić information content (AvgIpc) is 3.48. The minimum absolute atomic E-state index is 0.0135. The molecule has 0 aliphatic heterocycles. The Morgan fingerprint density at radius 3 is 2.50 bits per heavy atom. The summed E-state index contributed by atoms with van der Waals surface area (Å²) < 4.78 is 10.8. The van der Waals surface area contributed by atoms with Crippen LogP contribution in [0.4, 0.5) is 5.69 Å². The number of hydrogen-bond donors (Lipinski definition) is 2. The molecule has 1 saturated carbocycles. The first-order valence-corrected chi connectivity index (χ1v) is 11.1. The monoisotopic (exact) mass is 475 g/mol. The lowest BCUT2D eigenvalue weighted by Crippen LogP contribution is -2.14. The summed E-state index contributed by atoms with van der Waals surface area (Å²) in [5.41, 5.74) is 4.32. The summed E-state index contributed by atoms with van der Waals surface area (Å²) in [7, 11) is 3.19. The summed E-state index contributed by atoms with van der Waals surface area (Å²) in [6, 6.07) is 19.0. The zero-order valence-corrected chi connectivity index (χ0v) is 19.3. The highest BCUT2D eigenvalue weighted by atomic mass is 35.5. The van der Waals surface area contributed by atoms with Crippen LogP contribution in [-0.4, -0.2) is 40.8 Å². The number of aromatic amines is 1. The number of halogens is 1. The minimum atomic E-state index is -0.0675. The number of anilines is 1. The van der Waals surface area contributed by atoms with Crippen molar-refractivity contribution in [2.24, 2.45) is 5.92 Å². The standard InChI is InChI=1S/C25H22ClN5O3/c1-33-22-10-5-15(11-23(22)34-2)18-9-8-17(12-20(18)24-28-30-31-29-24)27-25(32)21-13-19(21)14-3-6-16(26)7-4-14/h3-12,19,21H,13H2,1-2H3,(H,27,32)(H,28,29,30,31). The summed E-state index contributed by atoms with van der Waals surface area (Å²) >= 11 is 5.98. The minimum Gasteiger partial charge on any atom is -0.493 e. The van der Waals surface area contributed by atoms with Crippen LogP contribution in [0.1, 0.15) is 17.9 Å². The fourth-order valence-electron chi connectivity index (χ4n) is 4.14. The molecule has 1 aliphatic rings. The summed E-state index contributed by atoms with van der Waals surface area (Å²) in [6.45, 7) is 0. The van der Waals surface area contributed by atoms with Crippen LogP contribution in [0.2, 0.25) is 5.02 Å². The van der Waals surface area contributed by atoms with Gasteiger partial charge in [0.1, 0.15) is 0 Å². The zero-order chi connectivity index (χ0) is 23.7. The lowest BCUT2D eigenvalue weighted by Gasteiger charge is -2.13. The Hall–Kier alpha value is -3.91. The van der Waals surface area contributed by atoms with Crippen molar-refractivity contribution >= 4 is 23.2 Å². The summed E-state index contributed by atoms with van der Waals surface area (Å²) in [6.07, 6.45) is 0.816. The van der Waals surface area contributed by atoms with E-state index in [1.54, 1.807) is 14.2 Å². The predicted molar refractivity (Wildman–Crippen MR) is 129 cm³/mol. The fourth-order valence-corrected chi connectivity index (χ4v) is 4.27. The quantitative estimate of drug-likeness (QED) is 0.392. The lowest BCUT2D eigenvalue weighted by atomic mass is 9.98. The third kappa shape index (κ3) is 4.32. The maximum absolute atomic E-state index is 12.9. The van der Waals surface area contributed by atoms with Crippen LogP contribution in [0.15, 0.2) is 60.7 Å². The number of nitrogens with one attached hydrogen (secondary N) is 2. The molecule has 9 heteroatoms. The second-order valence-corrected chi connectivity index (χ2v) is 8.51. The van der Waals surface area contributed by atoms with E-state index in [1.807, 2.05) is 60.7 Å². The van der Waals surface area contributed by atoms with Gasteiger partial charge >= 0.3 is 0 Å². The first kappa shape index (κ1) is 21.9. The average molecular weight is 476 g/mol.